The molecule has 0 unspecified atom stereocenters. The first-order chi connectivity index (χ1) is 11.6. The molecule has 0 aliphatic carbocycles. The summed E-state index contributed by atoms with van der Waals surface area (Å²) in [4.78, 5) is 2.47. The van der Waals surface area contributed by atoms with Crippen LogP contribution in [0.25, 0.3) is 0 Å². The Morgan fingerprint density at radius 1 is 1.12 bits per heavy atom. The van der Waals surface area contributed by atoms with E-state index in [9.17, 15) is 0 Å². The Kier molecular flexibility index (Phi) is 6.94. The summed E-state index contributed by atoms with van der Waals surface area (Å²) < 4.78 is 16.3. The highest BCUT2D eigenvalue weighted by molar-refractivity contribution is 5.55. The molecule has 1 heterocycles. The molecule has 1 aromatic carbocycles. The van der Waals surface area contributed by atoms with Gasteiger partial charge in [0.25, 0.3) is 0 Å². The van der Waals surface area contributed by atoms with Gasteiger partial charge < -0.3 is 19.5 Å². The van der Waals surface area contributed by atoms with Gasteiger partial charge in [0.2, 0.25) is 5.75 Å². The van der Waals surface area contributed by atoms with Crippen molar-refractivity contribution in [3.05, 3.63) is 29.8 Å². The number of methoxy groups -OCH3 is 3. The second kappa shape index (κ2) is 8.94. The number of hydrogen-bond donors (Lipinski definition) is 1. The van der Waals surface area contributed by atoms with E-state index in [1.54, 1.807) is 21.3 Å². The van der Waals surface area contributed by atoms with Crippen molar-refractivity contribution in [3.63, 3.8) is 0 Å². The minimum Gasteiger partial charge on any atom is -0.493 e. The zero-order valence-electron chi connectivity index (χ0n) is 15.4. The number of piperidine rings is 1. The van der Waals surface area contributed by atoms with Crippen molar-refractivity contribution in [1.82, 2.24) is 10.2 Å². The van der Waals surface area contributed by atoms with Gasteiger partial charge in [-0.3, -0.25) is 4.90 Å². The van der Waals surface area contributed by atoms with E-state index < -0.39 is 0 Å². The molecule has 134 valence electrons. The lowest BCUT2D eigenvalue weighted by Crippen LogP contribution is -2.42. The van der Waals surface area contributed by atoms with Crippen molar-refractivity contribution >= 4 is 0 Å². The van der Waals surface area contributed by atoms with Crippen LogP contribution in [0.1, 0.15) is 25.3 Å². The molecule has 1 aliphatic rings. The highest BCUT2D eigenvalue weighted by atomic mass is 16.5. The molecule has 1 saturated heterocycles. The summed E-state index contributed by atoms with van der Waals surface area (Å²) in [6.07, 6.45) is 2.31. The number of rotatable bonds is 8. The first-order valence-electron chi connectivity index (χ1n) is 8.47. The molecule has 1 fully saturated rings. The van der Waals surface area contributed by atoms with Crippen molar-refractivity contribution in [2.24, 2.45) is 0 Å². The summed E-state index contributed by atoms with van der Waals surface area (Å²) in [5.74, 6) is 2.07. The maximum absolute atomic E-state index is 5.55. The number of nitrogens with one attached hydrogen (secondary N) is 1. The highest BCUT2D eigenvalue weighted by Gasteiger charge is 2.20. The molecule has 0 saturated carbocycles. The van der Waals surface area contributed by atoms with E-state index in [0.717, 1.165) is 50.3 Å². The van der Waals surface area contributed by atoms with Crippen LogP contribution in [0.3, 0.4) is 0 Å². The van der Waals surface area contributed by atoms with Crippen LogP contribution in [0.5, 0.6) is 17.2 Å². The number of benzene rings is 1. The van der Waals surface area contributed by atoms with Crippen LogP contribution >= 0.6 is 0 Å². The average molecular weight is 334 g/mol. The topological polar surface area (TPSA) is 43.0 Å². The standard InChI is InChI=1S/C19H30N2O3/c1-14(2)13-21-10-8-16(9-11-21)20-12-15-6-7-17(22-3)19(24-5)18(15)23-4/h6-7,16,20H,1,8-13H2,2-5H3. The first-order valence-corrected chi connectivity index (χ1v) is 8.47. The van der Waals surface area contributed by atoms with Crippen LogP contribution in [0, 0.1) is 0 Å². The van der Waals surface area contributed by atoms with Crippen LogP contribution in [0.4, 0.5) is 0 Å². The molecule has 0 aromatic heterocycles. The fourth-order valence-corrected chi connectivity index (χ4v) is 3.23. The Bertz CT molecular complexity index is 552. The predicted molar refractivity (Wildman–Crippen MR) is 97.2 cm³/mol. The molecular formula is C19H30N2O3. The third-order valence-electron chi connectivity index (χ3n) is 4.45. The Morgan fingerprint density at radius 2 is 1.79 bits per heavy atom. The van der Waals surface area contributed by atoms with Crippen molar-refractivity contribution in [2.75, 3.05) is 41.0 Å². The number of likely N-dealkylation sites (tertiary alicyclic amines) is 1. The molecule has 0 amide bonds. The molecule has 0 atom stereocenters. The van der Waals surface area contributed by atoms with Crippen molar-refractivity contribution < 1.29 is 14.2 Å². The monoisotopic (exact) mass is 334 g/mol. The second-order valence-corrected chi connectivity index (χ2v) is 6.38. The van der Waals surface area contributed by atoms with E-state index in [-0.39, 0.29) is 0 Å². The minimum absolute atomic E-state index is 0.532. The fraction of sp³-hybridized carbons (Fsp3) is 0.579. The molecule has 1 N–H and O–H groups in total. The quantitative estimate of drug-likeness (QED) is 0.741. The second-order valence-electron chi connectivity index (χ2n) is 6.38. The molecule has 0 radical (unpaired) electrons. The van der Waals surface area contributed by atoms with Gasteiger partial charge in [-0.05, 0) is 38.9 Å². The smallest absolute Gasteiger partial charge is 0.203 e. The predicted octanol–water partition coefficient (Wildman–Crippen LogP) is 2.84. The molecule has 0 spiro atoms. The van der Waals surface area contributed by atoms with Gasteiger partial charge >= 0.3 is 0 Å². The lowest BCUT2D eigenvalue weighted by atomic mass is 10.0. The zero-order valence-corrected chi connectivity index (χ0v) is 15.4. The summed E-state index contributed by atoms with van der Waals surface area (Å²) in [6, 6.07) is 4.49. The molecule has 1 aliphatic heterocycles. The van der Waals surface area contributed by atoms with E-state index in [2.05, 4.69) is 23.7 Å². The van der Waals surface area contributed by atoms with Crippen LogP contribution in [0.15, 0.2) is 24.3 Å². The third-order valence-corrected chi connectivity index (χ3v) is 4.45. The van der Waals surface area contributed by atoms with Crippen molar-refractivity contribution in [3.8, 4) is 17.2 Å². The lowest BCUT2D eigenvalue weighted by Gasteiger charge is -2.32. The van der Waals surface area contributed by atoms with Gasteiger partial charge in [-0.25, -0.2) is 0 Å². The Labute approximate surface area is 145 Å². The van der Waals surface area contributed by atoms with Crippen molar-refractivity contribution in [2.45, 2.75) is 32.4 Å². The summed E-state index contributed by atoms with van der Waals surface area (Å²) in [5, 5.41) is 3.65. The van der Waals surface area contributed by atoms with Gasteiger partial charge in [0.1, 0.15) is 0 Å². The van der Waals surface area contributed by atoms with Gasteiger partial charge in [0, 0.05) is 24.7 Å². The first kappa shape index (κ1) is 18.6. The lowest BCUT2D eigenvalue weighted by molar-refractivity contribution is 0.210. The third kappa shape index (κ3) is 4.65. The zero-order chi connectivity index (χ0) is 17.5. The fourth-order valence-electron chi connectivity index (χ4n) is 3.23. The van der Waals surface area contributed by atoms with Gasteiger partial charge in [-0.1, -0.05) is 18.2 Å². The Morgan fingerprint density at radius 3 is 2.33 bits per heavy atom. The van der Waals surface area contributed by atoms with Crippen LogP contribution in [0.2, 0.25) is 0 Å². The Balaban J connectivity index is 1.94. The van der Waals surface area contributed by atoms with Gasteiger partial charge in [0.05, 0.1) is 21.3 Å². The molecule has 5 heteroatoms. The van der Waals surface area contributed by atoms with Gasteiger partial charge in [0.15, 0.2) is 11.5 Å². The summed E-state index contributed by atoms with van der Waals surface area (Å²) in [7, 11) is 4.93. The van der Waals surface area contributed by atoms with E-state index in [0.29, 0.717) is 17.5 Å². The molecule has 24 heavy (non-hydrogen) atoms. The van der Waals surface area contributed by atoms with Crippen molar-refractivity contribution in [1.29, 1.82) is 0 Å². The Hall–Kier alpha value is -1.72. The molecular weight excluding hydrogens is 304 g/mol. The molecule has 5 nitrogen and oxygen atoms in total. The van der Waals surface area contributed by atoms with Crippen LogP contribution in [-0.2, 0) is 6.54 Å². The van der Waals surface area contributed by atoms with E-state index in [1.807, 2.05) is 12.1 Å². The van der Waals surface area contributed by atoms with Gasteiger partial charge in [-0.2, -0.15) is 0 Å². The normalized spacial score (nSPS) is 16.0. The number of ether oxygens (including phenoxy) is 3. The summed E-state index contributed by atoms with van der Waals surface area (Å²) in [6.45, 7) is 10.1. The minimum atomic E-state index is 0.532. The number of nitrogens with zero attached hydrogens (tertiary/aromatic N) is 1. The van der Waals surface area contributed by atoms with Gasteiger partial charge in [-0.15, -0.1) is 0 Å². The van der Waals surface area contributed by atoms with Crippen LogP contribution < -0.4 is 19.5 Å². The van der Waals surface area contributed by atoms with Crippen LogP contribution in [-0.4, -0.2) is 51.9 Å². The van der Waals surface area contributed by atoms with E-state index >= 15 is 0 Å². The average Bonchev–Trinajstić information content (AvgIpc) is 2.59. The summed E-state index contributed by atoms with van der Waals surface area (Å²) in [5.41, 5.74) is 2.32. The molecule has 2 rings (SSSR count). The maximum atomic E-state index is 5.55. The highest BCUT2D eigenvalue weighted by Crippen LogP contribution is 2.39. The summed E-state index contributed by atoms with van der Waals surface area (Å²) >= 11 is 0. The maximum Gasteiger partial charge on any atom is 0.203 e. The SMILES string of the molecule is C=C(C)CN1CCC(NCc2ccc(OC)c(OC)c2OC)CC1. The largest absolute Gasteiger partial charge is 0.493 e. The molecule has 1 aromatic rings. The number of hydrogen-bond acceptors (Lipinski definition) is 5. The molecule has 0 bridgehead atoms. The van der Waals surface area contributed by atoms with E-state index in [4.69, 9.17) is 14.2 Å². The van der Waals surface area contributed by atoms with E-state index in [1.165, 1.54) is 5.57 Å².